The van der Waals surface area contributed by atoms with Gasteiger partial charge in [-0.1, -0.05) is 13.8 Å². The lowest BCUT2D eigenvalue weighted by molar-refractivity contribution is -0.137. The summed E-state index contributed by atoms with van der Waals surface area (Å²) in [6, 6.07) is 0.989. The van der Waals surface area contributed by atoms with E-state index in [9.17, 15) is 13.2 Å². The first kappa shape index (κ1) is 13.6. The van der Waals surface area contributed by atoms with Crippen LogP contribution in [-0.4, -0.2) is 11.5 Å². The average molecular weight is 247 g/mol. The maximum absolute atomic E-state index is 12.4. The van der Waals surface area contributed by atoms with Crippen LogP contribution in [0.5, 0.6) is 0 Å². The molecule has 0 spiro atoms. The van der Waals surface area contributed by atoms with Crippen molar-refractivity contribution in [2.24, 2.45) is 5.92 Å². The molecule has 0 saturated heterocycles. The monoisotopic (exact) mass is 247 g/mol. The zero-order valence-corrected chi connectivity index (χ0v) is 9.80. The standard InChI is InChI=1S/C11H16F3N3/c1-7(2)3-4-16-9-5-8(11(12,13)14)6-17-10(9)15/h5-7,16H,3-4H2,1-2H3,(H2,15,17). The minimum atomic E-state index is -4.39. The predicted octanol–water partition coefficient (Wildman–Crippen LogP) is 3.14. The summed E-state index contributed by atoms with van der Waals surface area (Å²) >= 11 is 0. The Bertz CT molecular complexity index is 375. The molecule has 96 valence electrons. The highest BCUT2D eigenvalue weighted by Crippen LogP contribution is 2.31. The topological polar surface area (TPSA) is 50.9 Å². The second-order valence-electron chi connectivity index (χ2n) is 4.26. The Morgan fingerprint density at radius 1 is 1.41 bits per heavy atom. The molecule has 6 heteroatoms. The minimum Gasteiger partial charge on any atom is -0.382 e. The second kappa shape index (κ2) is 5.25. The van der Waals surface area contributed by atoms with Crippen LogP contribution in [0.25, 0.3) is 0 Å². The Labute approximate surface area is 98.2 Å². The fourth-order valence-corrected chi connectivity index (χ4v) is 1.27. The lowest BCUT2D eigenvalue weighted by Gasteiger charge is -2.12. The summed E-state index contributed by atoms with van der Waals surface area (Å²) in [6.07, 6.45) is -2.80. The number of aromatic nitrogens is 1. The number of nitrogen functional groups attached to an aromatic ring is 1. The van der Waals surface area contributed by atoms with Gasteiger partial charge in [0.1, 0.15) is 5.82 Å². The fraction of sp³-hybridized carbons (Fsp3) is 0.545. The number of nitrogens with one attached hydrogen (secondary N) is 1. The summed E-state index contributed by atoms with van der Waals surface area (Å²) in [5.74, 6) is 0.559. The van der Waals surface area contributed by atoms with E-state index in [2.05, 4.69) is 10.3 Å². The van der Waals surface area contributed by atoms with Gasteiger partial charge in [-0.15, -0.1) is 0 Å². The molecular formula is C11H16F3N3. The van der Waals surface area contributed by atoms with E-state index in [0.29, 0.717) is 12.5 Å². The summed E-state index contributed by atoms with van der Waals surface area (Å²) in [4.78, 5) is 3.54. The second-order valence-corrected chi connectivity index (χ2v) is 4.26. The van der Waals surface area contributed by atoms with E-state index in [-0.39, 0.29) is 11.5 Å². The molecule has 0 amide bonds. The van der Waals surface area contributed by atoms with Gasteiger partial charge in [0.2, 0.25) is 0 Å². The fourth-order valence-electron chi connectivity index (χ4n) is 1.27. The quantitative estimate of drug-likeness (QED) is 0.859. The van der Waals surface area contributed by atoms with Crippen molar-refractivity contribution in [3.8, 4) is 0 Å². The maximum atomic E-state index is 12.4. The molecule has 0 atom stereocenters. The molecule has 0 aliphatic carbocycles. The molecule has 0 radical (unpaired) electrons. The number of nitrogens with zero attached hydrogens (tertiary/aromatic N) is 1. The summed E-state index contributed by atoms with van der Waals surface area (Å²) < 4.78 is 37.3. The van der Waals surface area contributed by atoms with Crippen molar-refractivity contribution < 1.29 is 13.2 Å². The summed E-state index contributed by atoms with van der Waals surface area (Å²) in [6.45, 7) is 4.65. The van der Waals surface area contributed by atoms with Gasteiger partial charge < -0.3 is 11.1 Å². The van der Waals surface area contributed by atoms with Gasteiger partial charge in [-0.2, -0.15) is 13.2 Å². The number of halogens is 3. The van der Waals surface area contributed by atoms with E-state index in [1.54, 1.807) is 0 Å². The zero-order valence-electron chi connectivity index (χ0n) is 9.80. The van der Waals surface area contributed by atoms with Crippen molar-refractivity contribution in [2.45, 2.75) is 26.4 Å². The molecule has 1 aromatic rings. The Morgan fingerprint density at radius 2 is 2.06 bits per heavy atom. The molecule has 1 heterocycles. The van der Waals surface area contributed by atoms with Crippen LogP contribution in [0.15, 0.2) is 12.3 Å². The van der Waals surface area contributed by atoms with Crippen molar-refractivity contribution in [3.63, 3.8) is 0 Å². The summed E-state index contributed by atoms with van der Waals surface area (Å²) in [5, 5.41) is 2.87. The average Bonchev–Trinajstić information content (AvgIpc) is 2.18. The van der Waals surface area contributed by atoms with Crippen molar-refractivity contribution in [1.29, 1.82) is 0 Å². The number of nitrogens with two attached hydrogens (primary N) is 1. The van der Waals surface area contributed by atoms with Crippen molar-refractivity contribution in [3.05, 3.63) is 17.8 Å². The molecule has 1 aromatic heterocycles. The van der Waals surface area contributed by atoms with E-state index in [4.69, 9.17) is 5.73 Å². The normalized spacial score (nSPS) is 11.9. The smallest absolute Gasteiger partial charge is 0.382 e. The Balaban J connectivity index is 2.77. The van der Waals surface area contributed by atoms with Crippen LogP contribution in [0.1, 0.15) is 25.8 Å². The maximum Gasteiger partial charge on any atom is 0.417 e. The van der Waals surface area contributed by atoms with Crippen LogP contribution in [0.2, 0.25) is 0 Å². The third kappa shape index (κ3) is 4.13. The first-order chi connectivity index (χ1) is 7.80. The number of rotatable bonds is 4. The first-order valence-corrected chi connectivity index (χ1v) is 5.37. The molecule has 3 N–H and O–H groups in total. The Hall–Kier alpha value is -1.46. The SMILES string of the molecule is CC(C)CCNc1cc(C(F)(F)F)cnc1N. The van der Waals surface area contributed by atoms with Crippen molar-refractivity contribution in [1.82, 2.24) is 4.98 Å². The predicted molar refractivity (Wildman–Crippen MR) is 61.6 cm³/mol. The summed E-state index contributed by atoms with van der Waals surface area (Å²) in [5.41, 5.74) is 4.95. The van der Waals surface area contributed by atoms with Crippen LogP contribution < -0.4 is 11.1 Å². The third-order valence-corrected chi connectivity index (χ3v) is 2.28. The highest BCUT2D eigenvalue weighted by Gasteiger charge is 2.31. The van der Waals surface area contributed by atoms with Gasteiger partial charge in [0, 0.05) is 12.7 Å². The molecule has 0 saturated carbocycles. The van der Waals surface area contributed by atoms with Crippen LogP contribution in [-0.2, 0) is 6.18 Å². The van der Waals surface area contributed by atoms with Crippen LogP contribution in [0.3, 0.4) is 0 Å². The molecule has 17 heavy (non-hydrogen) atoms. The lowest BCUT2D eigenvalue weighted by Crippen LogP contribution is -2.11. The van der Waals surface area contributed by atoms with Gasteiger partial charge in [-0.05, 0) is 18.4 Å². The molecule has 0 aliphatic heterocycles. The molecule has 0 aromatic carbocycles. The molecule has 3 nitrogen and oxygen atoms in total. The Kier molecular flexibility index (Phi) is 4.20. The molecule has 0 bridgehead atoms. The highest BCUT2D eigenvalue weighted by atomic mass is 19.4. The summed E-state index contributed by atoms with van der Waals surface area (Å²) in [7, 11) is 0. The van der Waals surface area contributed by atoms with Gasteiger partial charge >= 0.3 is 6.18 Å². The van der Waals surface area contributed by atoms with E-state index >= 15 is 0 Å². The lowest BCUT2D eigenvalue weighted by atomic mass is 10.1. The zero-order chi connectivity index (χ0) is 13.1. The molecular weight excluding hydrogens is 231 g/mol. The van der Waals surface area contributed by atoms with Crippen LogP contribution >= 0.6 is 0 Å². The number of anilines is 2. The number of pyridine rings is 1. The molecule has 0 unspecified atom stereocenters. The molecule has 0 fully saturated rings. The first-order valence-electron chi connectivity index (χ1n) is 5.37. The van der Waals surface area contributed by atoms with Gasteiger partial charge in [0.05, 0.1) is 11.3 Å². The van der Waals surface area contributed by atoms with E-state index < -0.39 is 11.7 Å². The molecule has 0 aliphatic rings. The Morgan fingerprint density at radius 3 is 2.59 bits per heavy atom. The van der Waals surface area contributed by atoms with Crippen LogP contribution in [0, 0.1) is 5.92 Å². The van der Waals surface area contributed by atoms with E-state index in [1.807, 2.05) is 13.8 Å². The van der Waals surface area contributed by atoms with Gasteiger partial charge in [-0.25, -0.2) is 4.98 Å². The van der Waals surface area contributed by atoms with Crippen LogP contribution in [0.4, 0.5) is 24.7 Å². The number of hydrogen-bond donors (Lipinski definition) is 2. The van der Waals surface area contributed by atoms with Crippen molar-refractivity contribution >= 4 is 11.5 Å². The van der Waals surface area contributed by atoms with E-state index in [1.165, 1.54) is 0 Å². The minimum absolute atomic E-state index is 0.0850. The van der Waals surface area contributed by atoms with E-state index in [0.717, 1.165) is 18.7 Å². The number of hydrogen-bond acceptors (Lipinski definition) is 3. The van der Waals surface area contributed by atoms with Crippen molar-refractivity contribution in [2.75, 3.05) is 17.6 Å². The highest BCUT2D eigenvalue weighted by molar-refractivity contribution is 5.62. The molecule has 1 rings (SSSR count). The number of alkyl halides is 3. The largest absolute Gasteiger partial charge is 0.417 e. The van der Waals surface area contributed by atoms with Gasteiger partial charge in [-0.3, -0.25) is 0 Å². The third-order valence-electron chi connectivity index (χ3n) is 2.28. The van der Waals surface area contributed by atoms with Gasteiger partial charge in [0.25, 0.3) is 0 Å². The van der Waals surface area contributed by atoms with Gasteiger partial charge in [0.15, 0.2) is 0 Å².